The van der Waals surface area contributed by atoms with Crippen LogP contribution in [0.4, 0.5) is 0 Å². The summed E-state index contributed by atoms with van der Waals surface area (Å²) in [5, 5.41) is 15.5. The van der Waals surface area contributed by atoms with E-state index in [-0.39, 0.29) is 18.0 Å². The van der Waals surface area contributed by atoms with Gasteiger partial charge in [-0.05, 0) is 25.0 Å². The van der Waals surface area contributed by atoms with Crippen LogP contribution in [0, 0.1) is 11.8 Å². The fourth-order valence-corrected chi connectivity index (χ4v) is 4.62. The molecule has 2 aliphatic rings. The van der Waals surface area contributed by atoms with Crippen LogP contribution in [0.1, 0.15) is 24.8 Å². The normalized spacial score (nSPS) is 31.0. The van der Waals surface area contributed by atoms with Gasteiger partial charge in [0, 0.05) is 42.6 Å². The highest BCUT2D eigenvalue weighted by molar-refractivity contribution is 6.31. The van der Waals surface area contributed by atoms with Crippen molar-refractivity contribution in [2.45, 2.75) is 24.9 Å². The first-order chi connectivity index (χ1) is 10.3. The molecule has 2 fully saturated rings. The zero-order valence-corrected chi connectivity index (χ0v) is 14.0. The molecular weight excluding hydrogens is 323 g/mol. The molecule has 2 aromatic rings. The SMILES string of the molecule is COC1(c2cc(Cl)cc3n[nH]nc23)C2CCCC1CNC2.Cl. The van der Waals surface area contributed by atoms with Crippen LogP contribution in [0.2, 0.25) is 5.02 Å². The van der Waals surface area contributed by atoms with E-state index in [1.54, 1.807) is 0 Å². The number of nitrogens with zero attached hydrogens (tertiary/aromatic N) is 2. The molecule has 2 bridgehead atoms. The summed E-state index contributed by atoms with van der Waals surface area (Å²) < 4.78 is 6.18. The number of H-pyrrole nitrogens is 1. The fraction of sp³-hybridized carbons (Fsp3) is 0.600. The lowest BCUT2D eigenvalue weighted by Crippen LogP contribution is -2.58. The van der Waals surface area contributed by atoms with Crippen molar-refractivity contribution in [2.24, 2.45) is 11.8 Å². The average molecular weight is 343 g/mol. The summed E-state index contributed by atoms with van der Waals surface area (Å²) >= 11 is 6.32. The van der Waals surface area contributed by atoms with Crippen LogP contribution < -0.4 is 5.32 Å². The zero-order chi connectivity index (χ0) is 14.4. The van der Waals surface area contributed by atoms with E-state index in [9.17, 15) is 0 Å². The molecule has 4 rings (SSSR count). The molecule has 1 saturated carbocycles. The number of methoxy groups -OCH3 is 1. The Morgan fingerprint density at radius 2 is 1.95 bits per heavy atom. The van der Waals surface area contributed by atoms with Gasteiger partial charge in [0.2, 0.25) is 0 Å². The summed E-state index contributed by atoms with van der Waals surface area (Å²) in [4.78, 5) is 0. The van der Waals surface area contributed by atoms with Crippen molar-refractivity contribution in [3.05, 3.63) is 22.7 Å². The standard InChI is InChI=1S/C15H19ClN4O.ClH/c1-21-15(9-3-2-4-10(15)8-17-7-9)12-5-11(16)6-13-14(12)19-20-18-13;/h5-6,9-10,17H,2-4,7-8H2,1H3,(H,18,19,20);1H. The lowest BCUT2D eigenvalue weighted by molar-refractivity contribution is -0.143. The summed E-state index contributed by atoms with van der Waals surface area (Å²) in [6, 6.07) is 3.87. The lowest BCUT2D eigenvalue weighted by atomic mass is 9.62. The van der Waals surface area contributed by atoms with Crippen LogP contribution in [0.3, 0.4) is 0 Å². The third-order valence-corrected chi connectivity index (χ3v) is 5.46. The van der Waals surface area contributed by atoms with E-state index in [1.807, 2.05) is 19.2 Å². The van der Waals surface area contributed by atoms with E-state index >= 15 is 0 Å². The second-order valence-corrected chi connectivity index (χ2v) is 6.56. The van der Waals surface area contributed by atoms with E-state index in [2.05, 4.69) is 20.7 Å². The van der Waals surface area contributed by atoms with E-state index in [0.29, 0.717) is 16.9 Å². The summed E-state index contributed by atoms with van der Waals surface area (Å²) in [6.45, 7) is 1.96. The third kappa shape index (κ3) is 2.14. The van der Waals surface area contributed by atoms with Crippen LogP contribution >= 0.6 is 24.0 Å². The van der Waals surface area contributed by atoms with E-state index in [4.69, 9.17) is 16.3 Å². The van der Waals surface area contributed by atoms with E-state index in [0.717, 1.165) is 29.7 Å². The van der Waals surface area contributed by atoms with Crippen LogP contribution in [0.25, 0.3) is 11.0 Å². The number of aromatic amines is 1. The summed E-state index contributed by atoms with van der Waals surface area (Å²) in [5.41, 5.74) is 2.49. The van der Waals surface area contributed by atoms with Crippen molar-refractivity contribution in [3.63, 3.8) is 0 Å². The molecule has 120 valence electrons. The molecule has 1 aliphatic carbocycles. The molecule has 2 heterocycles. The van der Waals surface area contributed by atoms with Gasteiger partial charge in [0.15, 0.2) is 0 Å². The second-order valence-electron chi connectivity index (χ2n) is 6.12. The summed E-state index contributed by atoms with van der Waals surface area (Å²) in [5.74, 6) is 0.904. The maximum atomic E-state index is 6.32. The van der Waals surface area contributed by atoms with Gasteiger partial charge < -0.3 is 10.1 Å². The number of hydrogen-bond donors (Lipinski definition) is 2. The van der Waals surface area contributed by atoms with Gasteiger partial charge in [-0.2, -0.15) is 15.4 Å². The average Bonchev–Trinajstić information content (AvgIpc) is 2.93. The maximum absolute atomic E-state index is 6.32. The van der Waals surface area contributed by atoms with Crippen LogP contribution in [0.5, 0.6) is 0 Å². The molecule has 0 amide bonds. The summed E-state index contributed by atoms with van der Waals surface area (Å²) in [6.07, 6.45) is 3.61. The van der Waals surface area contributed by atoms with Crippen molar-refractivity contribution in [1.29, 1.82) is 0 Å². The number of nitrogens with one attached hydrogen (secondary N) is 2. The number of hydrogen-bond acceptors (Lipinski definition) is 4. The Kier molecular flexibility index (Phi) is 4.34. The number of aromatic nitrogens is 3. The minimum absolute atomic E-state index is 0. The number of fused-ring (bicyclic) bond motifs is 3. The largest absolute Gasteiger partial charge is 0.373 e. The Labute approximate surface area is 140 Å². The highest BCUT2D eigenvalue weighted by Crippen LogP contribution is 2.51. The van der Waals surface area contributed by atoms with Gasteiger partial charge in [-0.15, -0.1) is 12.4 Å². The molecule has 22 heavy (non-hydrogen) atoms. The first-order valence-electron chi connectivity index (χ1n) is 7.52. The van der Waals surface area contributed by atoms with Crippen LogP contribution in [-0.4, -0.2) is 35.6 Å². The minimum Gasteiger partial charge on any atom is -0.373 e. The number of rotatable bonds is 2. The smallest absolute Gasteiger partial charge is 0.119 e. The lowest BCUT2D eigenvalue weighted by Gasteiger charge is -2.52. The Balaban J connectivity index is 0.00000144. The number of piperidine rings is 1. The van der Waals surface area contributed by atoms with Gasteiger partial charge in [0.1, 0.15) is 16.6 Å². The van der Waals surface area contributed by atoms with Gasteiger partial charge in [-0.25, -0.2) is 0 Å². The van der Waals surface area contributed by atoms with Crippen LogP contribution in [0.15, 0.2) is 12.1 Å². The molecular formula is C15H20Cl2N4O. The molecule has 1 saturated heterocycles. The van der Waals surface area contributed by atoms with Crippen molar-refractivity contribution in [2.75, 3.05) is 20.2 Å². The van der Waals surface area contributed by atoms with Crippen molar-refractivity contribution < 1.29 is 4.74 Å². The van der Waals surface area contributed by atoms with Gasteiger partial charge in [0.25, 0.3) is 0 Å². The molecule has 0 radical (unpaired) electrons. The summed E-state index contributed by atoms with van der Waals surface area (Å²) in [7, 11) is 1.82. The second kappa shape index (κ2) is 5.96. The van der Waals surface area contributed by atoms with Gasteiger partial charge in [-0.1, -0.05) is 18.0 Å². The molecule has 1 aromatic carbocycles. The zero-order valence-electron chi connectivity index (χ0n) is 12.4. The predicted octanol–water partition coefficient (Wildman–Crippen LogP) is 2.89. The molecule has 2 N–H and O–H groups in total. The maximum Gasteiger partial charge on any atom is 0.119 e. The first-order valence-corrected chi connectivity index (χ1v) is 7.90. The monoisotopic (exact) mass is 342 g/mol. The highest BCUT2D eigenvalue weighted by atomic mass is 35.5. The molecule has 5 nitrogen and oxygen atoms in total. The molecule has 7 heteroatoms. The Morgan fingerprint density at radius 3 is 2.64 bits per heavy atom. The van der Waals surface area contributed by atoms with Gasteiger partial charge in [0.05, 0.1) is 0 Å². The predicted molar refractivity (Wildman–Crippen MR) is 88.5 cm³/mol. The fourth-order valence-electron chi connectivity index (χ4n) is 4.41. The van der Waals surface area contributed by atoms with Crippen molar-refractivity contribution in [1.82, 2.24) is 20.7 Å². The molecule has 1 aromatic heterocycles. The van der Waals surface area contributed by atoms with E-state index < -0.39 is 0 Å². The topological polar surface area (TPSA) is 62.8 Å². The Bertz CT molecular complexity index is 653. The molecule has 0 spiro atoms. The number of ether oxygens (including phenoxy) is 1. The number of halogens is 2. The van der Waals surface area contributed by atoms with Gasteiger partial charge >= 0.3 is 0 Å². The van der Waals surface area contributed by atoms with E-state index in [1.165, 1.54) is 19.3 Å². The van der Waals surface area contributed by atoms with Gasteiger partial charge in [-0.3, -0.25) is 0 Å². The Morgan fingerprint density at radius 1 is 1.23 bits per heavy atom. The van der Waals surface area contributed by atoms with Crippen molar-refractivity contribution in [3.8, 4) is 0 Å². The van der Waals surface area contributed by atoms with Crippen molar-refractivity contribution >= 4 is 35.0 Å². The van der Waals surface area contributed by atoms with Crippen LogP contribution in [-0.2, 0) is 10.3 Å². The minimum atomic E-state index is -0.302. The Hall–Kier alpha value is -0.880. The first kappa shape index (κ1) is 16.0. The molecule has 2 unspecified atom stereocenters. The molecule has 2 atom stereocenters. The quantitative estimate of drug-likeness (QED) is 0.880. The third-order valence-electron chi connectivity index (χ3n) is 5.25. The molecule has 1 aliphatic heterocycles. The highest BCUT2D eigenvalue weighted by Gasteiger charge is 2.52. The number of benzene rings is 1.